The summed E-state index contributed by atoms with van der Waals surface area (Å²) >= 11 is 0. The van der Waals surface area contributed by atoms with Crippen LogP contribution < -0.4 is 0 Å². The monoisotopic (exact) mass is 430 g/mol. The van der Waals surface area contributed by atoms with Gasteiger partial charge in [0.05, 0.1) is 23.3 Å². The molecule has 0 radical (unpaired) electrons. The molecule has 3 aromatic rings. The quantitative estimate of drug-likeness (QED) is 0.359. The van der Waals surface area contributed by atoms with Crippen molar-refractivity contribution in [2.24, 2.45) is 5.92 Å². The average molecular weight is 431 g/mol. The van der Waals surface area contributed by atoms with E-state index in [2.05, 4.69) is 13.8 Å². The maximum absolute atomic E-state index is 12.6. The zero-order chi connectivity index (χ0) is 22.9. The van der Waals surface area contributed by atoms with Crippen molar-refractivity contribution >= 4 is 17.9 Å². The number of esters is 3. The lowest BCUT2D eigenvalue weighted by molar-refractivity contribution is 0.0397. The fourth-order valence-corrected chi connectivity index (χ4v) is 3.30. The van der Waals surface area contributed by atoms with Crippen LogP contribution in [-0.4, -0.2) is 24.5 Å². The molecule has 32 heavy (non-hydrogen) atoms. The molecule has 0 bridgehead atoms. The van der Waals surface area contributed by atoms with Gasteiger partial charge in [0.1, 0.15) is 0 Å². The average Bonchev–Trinajstić information content (AvgIpc) is 2.80. The van der Waals surface area contributed by atoms with E-state index in [4.69, 9.17) is 9.47 Å². The highest BCUT2D eigenvalue weighted by atomic mass is 16.6. The van der Waals surface area contributed by atoms with Crippen molar-refractivity contribution in [3.63, 3.8) is 0 Å². The summed E-state index contributed by atoms with van der Waals surface area (Å²) in [6, 6.07) is 22.6. The number of hydrogen-bond acceptors (Lipinski definition) is 5. The second-order valence-electron chi connectivity index (χ2n) is 7.88. The summed E-state index contributed by atoms with van der Waals surface area (Å²) in [5.74, 6) is -1.35. The Morgan fingerprint density at radius 1 is 0.719 bits per heavy atom. The Morgan fingerprint density at radius 3 is 2.03 bits per heavy atom. The maximum atomic E-state index is 12.6. The number of rotatable bonds is 8. The van der Waals surface area contributed by atoms with Crippen molar-refractivity contribution in [1.82, 2.24) is 0 Å². The smallest absolute Gasteiger partial charge is 0.346 e. The molecule has 0 N–H and O–H groups in total. The zero-order valence-corrected chi connectivity index (χ0v) is 18.2. The molecule has 0 fully saturated rings. The van der Waals surface area contributed by atoms with Gasteiger partial charge in [-0.05, 0) is 53.8 Å². The Labute approximate surface area is 188 Å². The number of ether oxygens (including phenoxy) is 2. The van der Waals surface area contributed by atoms with Gasteiger partial charge in [0.2, 0.25) is 0 Å². The predicted molar refractivity (Wildman–Crippen MR) is 122 cm³/mol. The second kappa shape index (κ2) is 11.0. The molecule has 3 rings (SSSR count). The van der Waals surface area contributed by atoms with E-state index in [1.807, 2.05) is 18.2 Å². The number of hydrogen-bond donors (Lipinski definition) is 0. The second-order valence-corrected chi connectivity index (χ2v) is 7.88. The summed E-state index contributed by atoms with van der Waals surface area (Å²) in [4.78, 5) is 37.1. The fourth-order valence-electron chi connectivity index (χ4n) is 3.30. The third-order valence-corrected chi connectivity index (χ3v) is 4.87. The van der Waals surface area contributed by atoms with Gasteiger partial charge in [-0.2, -0.15) is 0 Å². The zero-order valence-electron chi connectivity index (χ0n) is 18.2. The van der Waals surface area contributed by atoms with E-state index in [9.17, 15) is 14.4 Å². The first-order valence-corrected chi connectivity index (χ1v) is 10.6. The van der Waals surface area contributed by atoms with E-state index in [0.29, 0.717) is 29.0 Å². The molecule has 0 unspecified atom stereocenters. The Bertz CT molecular complexity index is 1070. The van der Waals surface area contributed by atoms with Gasteiger partial charge in [0.15, 0.2) is 0 Å². The van der Waals surface area contributed by atoms with Crippen molar-refractivity contribution in [3.05, 3.63) is 107 Å². The van der Waals surface area contributed by atoms with Gasteiger partial charge in [0.25, 0.3) is 0 Å². The van der Waals surface area contributed by atoms with Crippen LogP contribution in [0.25, 0.3) is 0 Å². The van der Waals surface area contributed by atoms with Crippen LogP contribution in [0, 0.1) is 5.92 Å². The minimum Gasteiger partial charge on any atom is -0.462 e. The van der Waals surface area contributed by atoms with Gasteiger partial charge in [-0.15, -0.1) is 0 Å². The number of benzene rings is 3. The first-order valence-electron chi connectivity index (χ1n) is 10.6. The van der Waals surface area contributed by atoms with Crippen LogP contribution in [-0.2, 0) is 22.3 Å². The molecule has 164 valence electrons. The molecule has 0 aromatic heterocycles. The normalized spacial score (nSPS) is 10.6. The van der Waals surface area contributed by atoms with Crippen molar-refractivity contribution in [3.8, 4) is 0 Å². The Balaban J connectivity index is 1.60. The molecule has 0 amide bonds. The van der Waals surface area contributed by atoms with Gasteiger partial charge in [-0.25, -0.2) is 14.4 Å². The number of carbonyl (C=O) groups excluding carboxylic acids is 3. The van der Waals surface area contributed by atoms with Crippen LogP contribution in [0.5, 0.6) is 0 Å². The van der Waals surface area contributed by atoms with Crippen molar-refractivity contribution in [2.45, 2.75) is 26.7 Å². The molecule has 0 saturated carbocycles. The highest BCUT2D eigenvalue weighted by Crippen LogP contribution is 2.15. The molecule has 3 aromatic carbocycles. The lowest BCUT2D eigenvalue weighted by atomic mass is 10.0. The summed E-state index contributed by atoms with van der Waals surface area (Å²) in [5.41, 5.74) is 2.81. The Kier molecular flexibility index (Phi) is 7.92. The van der Waals surface area contributed by atoms with Gasteiger partial charge in [0, 0.05) is 6.42 Å². The molecule has 0 aliphatic rings. The standard InChI is InChI=1S/C27H26O5/c1-19(2)18-20-12-14-23(15-13-20)26(29)32-27(30)24-11-7-6-8-21(24)16-17-31-25(28)22-9-4-3-5-10-22/h3-15,19H,16-18H2,1-2H3. The van der Waals surface area contributed by atoms with Crippen molar-refractivity contribution in [2.75, 3.05) is 6.61 Å². The van der Waals surface area contributed by atoms with Crippen molar-refractivity contribution in [1.29, 1.82) is 0 Å². The molecule has 0 atom stereocenters. The van der Waals surface area contributed by atoms with E-state index < -0.39 is 17.9 Å². The van der Waals surface area contributed by atoms with Crippen molar-refractivity contribution < 1.29 is 23.9 Å². The van der Waals surface area contributed by atoms with E-state index in [-0.39, 0.29) is 12.2 Å². The molecule has 0 heterocycles. The highest BCUT2D eigenvalue weighted by molar-refractivity contribution is 6.03. The van der Waals surface area contributed by atoms with E-state index >= 15 is 0 Å². The minimum absolute atomic E-state index is 0.100. The topological polar surface area (TPSA) is 69.7 Å². The van der Waals surface area contributed by atoms with Crippen LogP contribution in [0.1, 0.15) is 56.0 Å². The molecule has 0 aliphatic heterocycles. The van der Waals surface area contributed by atoms with Crippen LogP contribution in [0.4, 0.5) is 0 Å². The fraction of sp³-hybridized carbons (Fsp3) is 0.222. The van der Waals surface area contributed by atoms with Gasteiger partial charge < -0.3 is 9.47 Å². The van der Waals surface area contributed by atoms with Gasteiger partial charge in [-0.1, -0.05) is 62.4 Å². The summed E-state index contributed by atoms with van der Waals surface area (Å²) in [6.07, 6.45) is 1.23. The predicted octanol–water partition coefficient (Wildman–Crippen LogP) is 5.28. The van der Waals surface area contributed by atoms with Crippen LogP contribution >= 0.6 is 0 Å². The van der Waals surface area contributed by atoms with Gasteiger partial charge >= 0.3 is 17.9 Å². The molecular formula is C27H26O5. The number of carbonyl (C=O) groups is 3. The molecule has 5 heteroatoms. The first kappa shape index (κ1) is 22.9. The Hall–Kier alpha value is -3.73. The largest absolute Gasteiger partial charge is 0.462 e. The first-order chi connectivity index (χ1) is 15.4. The minimum atomic E-state index is -0.730. The molecule has 5 nitrogen and oxygen atoms in total. The summed E-state index contributed by atoms with van der Waals surface area (Å²) < 4.78 is 10.4. The van der Waals surface area contributed by atoms with Crippen LogP contribution in [0.15, 0.2) is 78.9 Å². The third-order valence-electron chi connectivity index (χ3n) is 4.87. The lowest BCUT2D eigenvalue weighted by Gasteiger charge is -2.10. The molecule has 0 aliphatic carbocycles. The van der Waals surface area contributed by atoms with Gasteiger partial charge in [-0.3, -0.25) is 0 Å². The van der Waals surface area contributed by atoms with E-state index in [1.165, 1.54) is 0 Å². The van der Waals surface area contributed by atoms with Crippen LogP contribution in [0.3, 0.4) is 0 Å². The maximum Gasteiger partial charge on any atom is 0.346 e. The molecular weight excluding hydrogens is 404 g/mol. The van der Waals surface area contributed by atoms with Crippen LogP contribution in [0.2, 0.25) is 0 Å². The van der Waals surface area contributed by atoms with E-state index in [1.54, 1.807) is 60.7 Å². The Morgan fingerprint density at radius 2 is 1.34 bits per heavy atom. The highest BCUT2D eigenvalue weighted by Gasteiger charge is 2.18. The summed E-state index contributed by atoms with van der Waals surface area (Å²) in [7, 11) is 0. The summed E-state index contributed by atoms with van der Waals surface area (Å²) in [5, 5.41) is 0. The lowest BCUT2D eigenvalue weighted by Crippen LogP contribution is -2.16. The molecule has 0 spiro atoms. The summed E-state index contributed by atoms with van der Waals surface area (Å²) in [6.45, 7) is 4.35. The SMILES string of the molecule is CC(C)Cc1ccc(C(=O)OC(=O)c2ccccc2CCOC(=O)c2ccccc2)cc1. The van der Waals surface area contributed by atoms with E-state index in [0.717, 1.165) is 12.0 Å². The third kappa shape index (κ3) is 6.38. The molecule has 0 saturated heterocycles.